The zero-order valence-corrected chi connectivity index (χ0v) is 18.1. The molecule has 0 spiro atoms. The standard InChI is InChI=1S/C21H23Cl2N3O3/c1-25-20(21(27)26(9-11-28-2)10-12-29-3)17-6-4-5-16(19(17)24-25)15-8-7-14(22)13-18(15)23/h4-8,13H,9-12H2,1-3H3. The van der Waals surface area contributed by atoms with Crippen LogP contribution in [0, 0.1) is 0 Å². The van der Waals surface area contributed by atoms with E-state index < -0.39 is 0 Å². The Labute approximate surface area is 179 Å². The predicted molar refractivity (Wildman–Crippen MR) is 116 cm³/mol. The number of aromatic nitrogens is 2. The quantitative estimate of drug-likeness (QED) is 0.529. The number of fused-ring (bicyclic) bond motifs is 1. The molecule has 1 amide bonds. The molecule has 0 atom stereocenters. The molecule has 1 aromatic heterocycles. The molecule has 0 aliphatic heterocycles. The molecule has 0 saturated carbocycles. The van der Waals surface area contributed by atoms with Gasteiger partial charge in [-0.2, -0.15) is 5.10 Å². The molecule has 0 aliphatic rings. The Kier molecular flexibility index (Phi) is 7.14. The molecule has 6 nitrogen and oxygen atoms in total. The van der Waals surface area contributed by atoms with E-state index >= 15 is 0 Å². The van der Waals surface area contributed by atoms with Crippen LogP contribution in [0.5, 0.6) is 0 Å². The summed E-state index contributed by atoms with van der Waals surface area (Å²) in [6.07, 6.45) is 0. The zero-order valence-electron chi connectivity index (χ0n) is 16.6. The van der Waals surface area contributed by atoms with Crippen LogP contribution in [0.4, 0.5) is 0 Å². The Morgan fingerprint density at radius 2 is 1.76 bits per heavy atom. The van der Waals surface area contributed by atoms with Crippen LogP contribution in [-0.4, -0.2) is 61.1 Å². The van der Waals surface area contributed by atoms with Gasteiger partial charge in [0.15, 0.2) is 0 Å². The van der Waals surface area contributed by atoms with E-state index in [0.717, 1.165) is 16.5 Å². The number of carbonyl (C=O) groups excluding carboxylic acids is 1. The molecule has 0 aliphatic carbocycles. The summed E-state index contributed by atoms with van der Waals surface area (Å²) >= 11 is 12.5. The highest BCUT2D eigenvalue weighted by molar-refractivity contribution is 6.36. The number of halogens is 2. The van der Waals surface area contributed by atoms with E-state index in [2.05, 4.69) is 5.10 Å². The van der Waals surface area contributed by atoms with Gasteiger partial charge in [0.1, 0.15) is 11.2 Å². The third-order valence-electron chi connectivity index (χ3n) is 4.71. The van der Waals surface area contributed by atoms with Crippen LogP contribution in [0.25, 0.3) is 22.0 Å². The summed E-state index contributed by atoms with van der Waals surface area (Å²) in [6.45, 7) is 1.82. The fraction of sp³-hybridized carbons (Fsp3) is 0.333. The molecule has 2 aromatic carbocycles. The zero-order chi connectivity index (χ0) is 21.0. The Morgan fingerprint density at radius 3 is 2.38 bits per heavy atom. The second-order valence-electron chi connectivity index (χ2n) is 6.58. The first-order chi connectivity index (χ1) is 14.0. The van der Waals surface area contributed by atoms with E-state index in [0.29, 0.717) is 47.6 Å². The molecule has 0 radical (unpaired) electrons. The first-order valence-electron chi connectivity index (χ1n) is 9.16. The van der Waals surface area contributed by atoms with Crippen molar-refractivity contribution >= 4 is 40.0 Å². The number of benzene rings is 2. The Balaban J connectivity index is 2.08. The lowest BCUT2D eigenvalue weighted by Crippen LogP contribution is -2.37. The molecule has 154 valence electrons. The van der Waals surface area contributed by atoms with Crippen molar-refractivity contribution < 1.29 is 14.3 Å². The van der Waals surface area contributed by atoms with Crippen molar-refractivity contribution in [2.24, 2.45) is 7.05 Å². The number of methoxy groups -OCH3 is 2. The lowest BCUT2D eigenvalue weighted by molar-refractivity contribution is 0.0619. The summed E-state index contributed by atoms with van der Waals surface area (Å²) in [4.78, 5) is 15.0. The van der Waals surface area contributed by atoms with Gasteiger partial charge in [-0.25, -0.2) is 0 Å². The Bertz CT molecular complexity index is 1010. The van der Waals surface area contributed by atoms with E-state index in [4.69, 9.17) is 32.7 Å². The van der Waals surface area contributed by atoms with Crippen molar-refractivity contribution in [3.8, 4) is 11.1 Å². The van der Waals surface area contributed by atoms with Gasteiger partial charge in [-0.15, -0.1) is 0 Å². The van der Waals surface area contributed by atoms with Crippen LogP contribution in [-0.2, 0) is 16.5 Å². The SMILES string of the molecule is COCCN(CCOC)C(=O)c1c2cccc(-c3ccc(Cl)cc3Cl)c2nn1C. The Morgan fingerprint density at radius 1 is 1.07 bits per heavy atom. The number of rotatable bonds is 8. The molecule has 0 bridgehead atoms. The number of hydrogen-bond acceptors (Lipinski definition) is 4. The minimum atomic E-state index is -0.122. The number of hydrogen-bond donors (Lipinski definition) is 0. The van der Waals surface area contributed by atoms with Crippen molar-refractivity contribution in [3.05, 3.63) is 52.1 Å². The second-order valence-corrected chi connectivity index (χ2v) is 7.42. The largest absolute Gasteiger partial charge is 0.383 e. The summed E-state index contributed by atoms with van der Waals surface area (Å²) in [7, 11) is 4.99. The highest BCUT2D eigenvalue weighted by Crippen LogP contribution is 2.35. The van der Waals surface area contributed by atoms with Crippen molar-refractivity contribution in [1.82, 2.24) is 14.7 Å². The molecular formula is C21H23Cl2N3O3. The van der Waals surface area contributed by atoms with Gasteiger partial charge in [0.25, 0.3) is 5.91 Å². The fourth-order valence-corrected chi connectivity index (χ4v) is 3.77. The topological polar surface area (TPSA) is 56.6 Å². The van der Waals surface area contributed by atoms with Crippen LogP contribution < -0.4 is 0 Å². The summed E-state index contributed by atoms with van der Waals surface area (Å²) in [5, 5.41) is 6.49. The number of nitrogens with zero attached hydrogens (tertiary/aromatic N) is 3. The Hall–Kier alpha value is -2.12. The van der Waals surface area contributed by atoms with Gasteiger partial charge >= 0.3 is 0 Å². The van der Waals surface area contributed by atoms with Crippen LogP contribution in [0.3, 0.4) is 0 Å². The molecule has 0 N–H and O–H groups in total. The second kappa shape index (κ2) is 9.59. The van der Waals surface area contributed by atoms with Gasteiger partial charge in [-0.1, -0.05) is 47.5 Å². The molecule has 3 rings (SSSR count). The maximum absolute atomic E-state index is 13.3. The molecule has 0 saturated heterocycles. The van der Waals surface area contributed by atoms with Crippen molar-refractivity contribution in [2.75, 3.05) is 40.5 Å². The smallest absolute Gasteiger partial charge is 0.272 e. The maximum Gasteiger partial charge on any atom is 0.272 e. The van der Waals surface area contributed by atoms with Crippen LogP contribution in [0.2, 0.25) is 10.0 Å². The number of aryl methyl sites for hydroxylation is 1. The molecule has 0 unspecified atom stereocenters. The van der Waals surface area contributed by atoms with Crippen LogP contribution in [0.1, 0.15) is 10.5 Å². The average molecular weight is 436 g/mol. The molecule has 3 aromatic rings. The molecule has 29 heavy (non-hydrogen) atoms. The first kappa shape index (κ1) is 21.6. The van der Waals surface area contributed by atoms with Gasteiger partial charge in [-0.3, -0.25) is 9.48 Å². The lowest BCUT2D eigenvalue weighted by Gasteiger charge is -2.22. The van der Waals surface area contributed by atoms with Gasteiger partial charge in [-0.05, 0) is 12.1 Å². The third-order valence-corrected chi connectivity index (χ3v) is 5.25. The van der Waals surface area contributed by atoms with Crippen molar-refractivity contribution in [1.29, 1.82) is 0 Å². The normalized spacial score (nSPS) is 11.2. The van der Waals surface area contributed by atoms with E-state index in [9.17, 15) is 4.79 Å². The lowest BCUT2D eigenvalue weighted by atomic mass is 10.0. The summed E-state index contributed by atoms with van der Waals surface area (Å²) in [6, 6.07) is 11.1. The fourth-order valence-electron chi connectivity index (χ4n) is 3.26. The minimum absolute atomic E-state index is 0.122. The van der Waals surface area contributed by atoms with Crippen LogP contribution >= 0.6 is 23.2 Å². The van der Waals surface area contributed by atoms with Crippen molar-refractivity contribution in [2.45, 2.75) is 0 Å². The van der Waals surface area contributed by atoms with E-state index in [1.807, 2.05) is 24.3 Å². The highest BCUT2D eigenvalue weighted by Gasteiger charge is 2.24. The molecule has 1 heterocycles. The summed E-state index contributed by atoms with van der Waals surface area (Å²) in [5.74, 6) is -0.122. The third kappa shape index (κ3) is 4.56. The highest BCUT2D eigenvalue weighted by atomic mass is 35.5. The van der Waals surface area contributed by atoms with Gasteiger partial charge in [0.2, 0.25) is 0 Å². The average Bonchev–Trinajstić information content (AvgIpc) is 3.04. The summed E-state index contributed by atoms with van der Waals surface area (Å²) in [5.41, 5.74) is 2.88. The first-order valence-corrected chi connectivity index (χ1v) is 9.91. The predicted octanol–water partition coefficient (Wildman–Crippen LogP) is 4.28. The maximum atomic E-state index is 13.3. The molecule has 0 fully saturated rings. The molecular weight excluding hydrogens is 413 g/mol. The molecule has 8 heteroatoms. The van der Waals surface area contributed by atoms with Gasteiger partial charge < -0.3 is 14.4 Å². The van der Waals surface area contributed by atoms with Gasteiger partial charge in [0.05, 0.1) is 13.2 Å². The van der Waals surface area contributed by atoms with E-state index in [1.165, 1.54) is 0 Å². The number of ether oxygens (including phenoxy) is 2. The summed E-state index contributed by atoms with van der Waals surface area (Å²) < 4.78 is 11.9. The van der Waals surface area contributed by atoms with Crippen LogP contribution in [0.15, 0.2) is 36.4 Å². The number of amides is 1. The number of carbonyl (C=O) groups is 1. The monoisotopic (exact) mass is 435 g/mol. The van der Waals surface area contributed by atoms with E-state index in [1.54, 1.807) is 43.0 Å². The minimum Gasteiger partial charge on any atom is -0.383 e. The van der Waals surface area contributed by atoms with Crippen molar-refractivity contribution in [3.63, 3.8) is 0 Å². The van der Waals surface area contributed by atoms with Gasteiger partial charge in [0, 0.05) is 60.9 Å². The van der Waals surface area contributed by atoms with E-state index in [-0.39, 0.29) is 5.91 Å².